The molecule has 0 bridgehead atoms. The number of hydrogen-bond acceptors (Lipinski definition) is 2. The summed E-state index contributed by atoms with van der Waals surface area (Å²) in [4.78, 5) is 27.0. The lowest BCUT2D eigenvalue weighted by Gasteiger charge is -2.38. The predicted octanol–water partition coefficient (Wildman–Crippen LogP) is 3.69. The maximum Gasteiger partial charge on any atom is 0.253 e. The standard InChI is InChI=1S/C22H25FN2O2/c1-16-5-3-4-6-18(16)15-24-21(27)22(2)11-13-25(14-12-22)20(26)17-7-9-19(23)10-8-17/h3-10H,11-15H2,1-2H3,(H,24,27). The summed E-state index contributed by atoms with van der Waals surface area (Å²) in [6.07, 6.45) is 1.22. The first kappa shape index (κ1) is 19.1. The molecule has 1 aliphatic heterocycles. The Bertz CT molecular complexity index is 824. The minimum Gasteiger partial charge on any atom is -0.352 e. The second-order valence-electron chi connectivity index (χ2n) is 7.47. The third kappa shape index (κ3) is 4.35. The second-order valence-corrected chi connectivity index (χ2v) is 7.47. The lowest BCUT2D eigenvalue weighted by Crippen LogP contribution is -2.48. The third-order valence-electron chi connectivity index (χ3n) is 5.49. The van der Waals surface area contributed by atoms with E-state index in [0.717, 1.165) is 11.1 Å². The van der Waals surface area contributed by atoms with E-state index in [1.807, 2.05) is 38.1 Å². The number of nitrogens with zero attached hydrogens (tertiary/aromatic N) is 1. The van der Waals surface area contributed by atoms with E-state index in [0.29, 0.717) is 38.0 Å². The Morgan fingerprint density at radius 1 is 1.07 bits per heavy atom. The van der Waals surface area contributed by atoms with Gasteiger partial charge in [-0.1, -0.05) is 31.2 Å². The van der Waals surface area contributed by atoms with Crippen molar-refractivity contribution < 1.29 is 14.0 Å². The van der Waals surface area contributed by atoms with Crippen molar-refractivity contribution in [3.8, 4) is 0 Å². The van der Waals surface area contributed by atoms with Crippen molar-refractivity contribution in [3.05, 3.63) is 71.0 Å². The molecule has 3 rings (SSSR count). The molecule has 2 amide bonds. The smallest absolute Gasteiger partial charge is 0.253 e. The Morgan fingerprint density at radius 3 is 2.33 bits per heavy atom. The molecular formula is C22H25FN2O2. The number of piperidine rings is 1. The highest BCUT2D eigenvalue weighted by atomic mass is 19.1. The molecule has 1 aliphatic rings. The molecule has 0 aliphatic carbocycles. The fourth-order valence-corrected chi connectivity index (χ4v) is 3.40. The van der Waals surface area contributed by atoms with Crippen molar-refractivity contribution in [3.63, 3.8) is 0 Å². The van der Waals surface area contributed by atoms with Crippen LogP contribution in [0.5, 0.6) is 0 Å². The van der Waals surface area contributed by atoms with E-state index in [1.54, 1.807) is 4.90 Å². The first-order valence-corrected chi connectivity index (χ1v) is 9.27. The lowest BCUT2D eigenvalue weighted by molar-refractivity contribution is -0.132. The van der Waals surface area contributed by atoms with E-state index in [4.69, 9.17) is 0 Å². The molecular weight excluding hydrogens is 343 g/mol. The zero-order valence-electron chi connectivity index (χ0n) is 15.8. The fourth-order valence-electron chi connectivity index (χ4n) is 3.40. The minimum atomic E-state index is -0.484. The van der Waals surface area contributed by atoms with Gasteiger partial charge in [0, 0.05) is 30.6 Å². The van der Waals surface area contributed by atoms with E-state index >= 15 is 0 Å². The van der Waals surface area contributed by atoms with Gasteiger partial charge in [-0.15, -0.1) is 0 Å². The predicted molar refractivity (Wildman–Crippen MR) is 103 cm³/mol. The van der Waals surface area contributed by atoms with Gasteiger partial charge < -0.3 is 10.2 Å². The summed E-state index contributed by atoms with van der Waals surface area (Å²) in [7, 11) is 0. The lowest BCUT2D eigenvalue weighted by atomic mass is 9.79. The molecule has 2 aromatic rings. The average molecular weight is 368 g/mol. The summed E-state index contributed by atoms with van der Waals surface area (Å²) in [5.74, 6) is -0.444. The molecule has 4 nitrogen and oxygen atoms in total. The topological polar surface area (TPSA) is 49.4 Å². The number of amides is 2. The SMILES string of the molecule is Cc1ccccc1CNC(=O)C1(C)CCN(C(=O)c2ccc(F)cc2)CC1. The third-order valence-corrected chi connectivity index (χ3v) is 5.49. The number of halogens is 1. The van der Waals surface area contributed by atoms with Crippen LogP contribution in [0, 0.1) is 18.2 Å². The van der Waals surface area contributed by atoms with Gasteiger partial charge in [-0.25, -0.2) is 4.39 Å². The van der Waals surface area contributed by atoms with Gasteiger partial charge in [0.1, 0.15) is 5.82 Å². The van der Waals surface area contributed by atoms with Crippen molar-refractivity contribution in [1.29, 1.82) is 0 Å². The number of rotatable bonds is 4. The van der Waals surface area contributed by atoms with Crippen LogP contribution in [0.15, 0.2) is 48.5 Å². The Morgan fingerprint density at radius 2 is 1.70 bits per heavy atom. The zero-order valence-corrected chi connectivity index (χ0v) is 15.8. The molecule has 1 heterocycles. The number of benzene rings is 2. The van der Waals surface area contributed by atoms with E-state index in [2.05, 4.69) is 5.32 Å². The molecule has 0 spiro atoms. The van der Waals surface area contributed by atoms with Crippen LogP contribution >= 0.6 is 0 Å². The van der Waals surface area contributed by atoms with Gasteiger partial charge in [0.15, 0.2) is 0 Å². The molecule has 27 heavy (non-hydrogen) atoms. The molecule has 0 atom stereocenters. The van der Waals surface area contributed by atoms with Crippen molar-refractivity contribution in [2.75, 3.05) is 13.1 Å². The van der Waals surface area contributed by atoms with E-state index in [1.165, 1.54) is 24.3 Å². The Labute approximate surface area is 159 Å². The molecule has 0 aromatic heterocycles. The van der Waals surface area contributed by atoms with Crippen LogP contribution in [-0.4, -0.2) is 29.8 Å². The largest absolute Gasteiger partial charge is 0.352 e. The van der Waals surface area contributed by atoms with Crippen LogP contribution in [0.4, 0.5) is 4.39 Å². The van der Waals surface area contributed by atoms with Crippen molar-refractivity contribution in [2.45, 2.75) is 33.2 Å². The number of hydrogen-bond donors (Lipinski definition) is 1. The van der Waals surface area contributed by atoms with Crippen LogP contribution < -0.4 is 5.32 Å². The van der Waals surface area contributed by atoms with Crippen LogP contribution in [0.2, 0.25) is 0 Å². The normalized spacial score (nSPS) is 16.0. The van der Waals surface area contributed by atoms with E-state index in [-0.39, 0.29) is 17.6 Å². The average Bonchev–Trinajstić information content (AvgIpc) is 2.68. The van der Waals surface area contributed by atoms with Crippen LogP contribution in [0.25, 0.3) is 0 Å². The number of aryl methyl sites for hydroxylation is 1. The van der Waals surface area contributed by atoms with Crippen LogP contribution in [0.3, 0.4) is 0 Å². The highest BCUT2D eigenvalue weighted by Crippen LogP contribution is 2.32. The summed E-state index contributed by atoms with van der Waals surface area (Å²) in [5.41, 5.74) is 2.26. The summed E-state index contributed by atoms with van der Waals surface area (Å²) in [6.45, 7) is 5.54. The monoisotopic (exact) mass is 368 g/mol. The van der Waals surface area contributed by atoms with E-state index < -0.39 is 5.41 Å². The highest BCUT2D eigenvalue weighted by molar-refractivity contribution is 5.94. The Hall–Kier alpha value is -2.69. The summed E-state index contributed by atoms with van der Waals surface area (Å²) in [6, 6.07) is 13.6. The Kier molecular flexibility index (Phi) is 5.59. The molecule has 142 valence electrons. The van der Waals surface area contributed by atoms with Gasteiger partial charge in [0.05, 0.1) is 0 Å². The molecule has 1 saturated heterocycles. The number of likely N-dealkylation sites (tertiary alicyclic amines) is 1. The van der Waals surface area contributed by atoms with Gasteiger partial charge >= 0.3 is 0 Å². The van der Waals surface area contributed by atoms with Gasteiger partial charge in [0.25, 0.3) is 5.91 Å². The van der Waals surface area contributed by atoms with Crippen LogP contribution in [0.1, 0.15) is 41.3 Å². The number of carbonyl (C=O) groups excluding carboxylic acids is 2. The molecule has 1 fully saturated rings. The van der Waals surface area contributed by atoms with Gasteiger partial charge in [-0.05, 0) is 55.2 Å². The second kappa shape index (κ2) is 7.91. The quantitative estimate of drug-likeness (QED) is 0.895. The maximum atomic E-state index is 13.0. The van der Waals surface area contributed by atoms with Crippen molar-refractivity contribution in [2.24, 2.45) is 5.41 Å². The molecule has 1 N–H and O–H groups in total. The van der Waals surface area contributed by atoms with Gasteiger partial charge in [-0.2, -0.15) is 0 Å². The summed E-state index contributed by atoms with van der Waals surface area (Å²) in [5, 5.41) is 3.05. The first-order valence-electron chi connectivity index (χ1n) is 9.27. The summed E-state index contributed by atoms with van der Waals surface area (Å²) < 4.78 is 13.0. The van der Waals surface area contributed by atoms with Crippen molar-refractivity contribution >= 4 is 11.8 Å². The van der Waals surface area contributed by atoms with Crippen molar-refractivity contribution in [1.82, 2.24) is 10.2 Å². The zero-order chi connectivity index (χ0) is 19.4. The van der Waals surface area contributed by atoms with Crippen LogP contribution in [-0.2, 0) is 11.3 Å². The molecule has 5 heteroatoms. The maximum absolute atomic E-state index is 13.0. The summed E-state index contributed by atoms with van der Waals surface area (Å²) >= 11 is 0. The fraction of sp³-hybridized carbons (Fsp3) is 0.364. The minimum absolute atomic E-state index is 0.0274. The molecule has 0 unspecified atom stereocenters. The van der Waals surface area contributed by atoms with Gasteiger partial charge in [-0.3, -0.25) is 9.59 Å². The first-order chi connectivity index (χ1) is 12.9. The molecule has 0 saturated carbocycles. The van der Waals surface area contributed by atoms with E-state index in [9.17, 15) is 14.0 Å². The molecule has 0 radical (unpaired) electrons. The van der Waals surface area contributed by atoms with Gasteiger partial charge in [0.2, 0.25) is 5.91 Å². The highest BCUT2D eigenvalue weighted by Gasteiger charge is 2.38. The molecule has 2 aromatic carbocycles. The number of nitrogens with one attached hydrogen (secondary N) is 1. The number of carbonyl (C=O) groups is 2. The Balaban J connectivity index is 1.56.